The van der Waals surface area contributed by atoms with Gasteiger partial charge in [0.2, 0.25) is 0 Å². The van der Waals surface area contributed by atoms with Gasteiger partial charge in [0, 0.05) is 11.6 Å². The molecule has 1 aliphatic rings. The molecule has 0 spiro atoms. The first-order valence-electron chi connectivity index (χ1n) is 4.53. The lowest BCUT2D eigenvalue weighted by Gasteiger charge is -2.17. The third kappa shape index (κ3) is 2.49. The molecule has 15 heavy (non-hydrogen) atoms. The van der Waals surface area contributed by atoms with Crippen molar-refractivity contribution in [3.8, 4) is 0 Å². The molecule has 0 fully saturated rings. The van der Waals surface area contributed by atoms with Gasteiger partial charge in [-0.25, -0.2) is 0 Å². The van der Waals surface area contributed by atoms with Gasteiger partial charge in [-0.15, -0.1) is 0 Å². The van der Waals surface area contributed by atoms with Gasteiger partial charge in [0.15, 0.2) is 5.78 Å². The van der Waals surface area contributed by atoms with Gasteiger partial charge in [-0.05, 0) is 6.07 Å². The zero-order chi connectivity index (χ0) is 10.5. The second kappa shape index (κ2) is 4.50. The summed E-state index contributed by atoms with van der Waals surface area (Å²) in [6.07, 6.45) is 8.71. The highest BCUT2D eigenvalue weighted by molar-refractivity contribution is 5.90. The minimum Gasteiger partial charge on any atom is -0.493 e. The first-order chi connectivity index (χ1) is 7.36. The topological polar surface area (TPSA) is 52.6 Å². The van der Waals surface area contributed by atoms with Crippen LogP contribution in [0.25, 0.3) is 0 Å². The lowest BCUT2D eigenvalue weighted by Crippen LogP contribution is -2.10. The molecule has 78 valence electrons. The number of allylic oxidation sites excluding steroid dienone is 1. The smallest absolute Gasteiger partial charge is 0.162 e. The summed E-state index contributed by atoms with van der Waals surface area (Å²) < 4.78 is 15.3. The Hall–Kier alpha value is -1.97. The van der Waals surface area contributed by atoms with E-state index in [9.17, 15) is 4.79 Å². The van der Waals surface area contributed by atoms with Gasteiger partial charge in [-0.3, -0.25) is 4.79 Å². The molecule has 2 heterocycles. The Morgan fingerprint density at radius 3 is 2.93 bits per heavy atom. The Morgan fingerprint density at radius 1 is 1.20 bits per heavy atom. The minimum absolute atomic E-state index is 0.0408. The highest BCUT2D eigenvalue weighted by Gasteiger charge is 2.18. The van der Waals surface area contributed by atoms with E-state index < -0.39 is 0 Å². The summed E-state index contributed by atoms with van der Waals surface area (Å²) in [6.45, 7) is 0. The van der Waals surface area contributed by atoms with Crippen molar-refractivity contribution in [2.45, 2.75) is 12.5 Å². The van der Waals surface area contributed by atoms with E-state index in [4.69, 9.17) is 13.6 Å². The van der Waals surface area contributed by atoms with Crippen LogP contribution in [-0.2, 0) is 9.53 Å². The van der Waals surface area contributed by atoms with Crippen LogP contribution in [0.15, 0.2) is 52.3 Å². The molecular weight excluding hydrogens is 196 g/mol. The molecule has 0 saturated carbocycles. The predicted molar refractivity (Wildman–Crippen MR) is 51.2 cm³/mol. The van der Waals surface area contributed by atoms with E-state index in [1.165, 1.54) is 37.4 Å². The van der Waals surface area contributed by atoms with Crippen LogP contribution in [0.4, 0.5) is 0 Å². The molecule has 0 N–H and O–H groups in total. The lowest BCUT2D eigenvalue weighted by molar-refractivity contribution is -0.118. The Labute approximate surface area is 86.5 Å². The summed E-state index contributed by atoms with van der Waals surface area (Å²) >= 11 is 0. The summed E-state index contributed by atoms with van der Waals surface area (Å²) in [6, 6.07) is 1.71. The number of carbonyl (C=O) groups excluding carboxylic acids is 1. The van der Waals surface area contributed by atoms with Gasteiger partial charge in [0.1, 0.15) is 18.6 Å². The van der Waals surface area contributed by atoms with Crippen LogP contribution in [-0.4, -0.2) is 5.78 Å². The van der Waals surface area contributed by atoms with Crippen molar-refractivity contribution in [3.63, 3.8) is 0 Å². The second-order valence-electron chi connectivity index (χ2n) is 3.06. The average Bonchev–Trinajstić information content (AvgIpc) is 2.16. The zero-order valence-electron chi connectivity index (χ0n) is 7.96. The molecule has 0 aromatic carbocycles. The molecule has 0 amide bonds. The molecule has 0 aliphatic carbocycles. The SMILES string of the molecule is O=C1C=COC(c2ccoccoc2)C1. The van der Waals surface area contributed by atoms with Crippen LogP contribution in [0, 0.1) is 0 Å². The van der Waals surface area contributed by atoms with Crippen molar-refractivity contribution in [2.75, 3.05) is 0 Å². The van der Waals surface area contributed by atoms with Crippen molar-refractivity contribution in [2.24, 2.45) is 0 Å². The lowest BCUT2D eigenvalue weighted by atomic mass is 10.1. The van der Waals surface area contributed by atoms with Crippen molar-refractivity contribution in [1.82, 2.24) is 0 Å². The number of ketones is 1. The maximum atomic E-state index is 11.2. The third-order valence-electron chi connectivity index (χ3n) is 2.01. The van der Waals surface area contributed by atoms with Crippen molar-refractivity contribution < 1.29 is 18.4 Å². The fourth-order valence-corrected chi connectivity index (χ4v) is 1.27. The molecule has 1 unspecified atom stereocenters. The molecule has 1 aromatic heterocycles. The number of carbonyl (C=O) groups is 1. The van der Waals surface area contributed by atoms with Crippen LogP contribution in [0.5, 0.6) is 0 Å². The van der Waals surface area contributed by atoms with Crippen LogP contribution in [0.1, 0.15) is 18.1 Å². The third-order valence-corrected chi connectivity index (χ3v) is 2.01. The number of hydrogen-bond acceptors (Lipinski definition) is 4. The molecule has 1 aliphatic heterocycles. The summed E-state index contributed by atoms with van der Waals surface area (Å²) in [5, 5.41) is 0. The summed E-state index contributed by atoms with van der Waals surface area (Å²) in [5.74, 6) is 0.0408. The number of ether oxygens (including phenoxy) is 1. The fourth-order valence-electron chi connectivity index (χ4n) is 1.27. The second-order valence-corrected chi connectivity index (χ2v) is 3.06. The zero-order valence-corrected chi connectivity index (χ0v) is 7.96. The molecule has 0 radical (unpaired) electrons. The van der Waals surface area contributed by atoms with Crippen LogP contribution < -0.4 is 0 Å². The predicted octanol–water partition coefficient (Wildman–Crippen LogP) is 2.54. The average molecular weight is 206 g/mol. The van der Waals surface area contributed by atoms with Gasteiger partial charge in [0.25, 0.3) is 0 Å². The summed E-state index contributed by atoms with van der Waals surface area (Å²) in [5.41, 5.74) is 0.761. The van der Waals surface area contributed by atoms with E-state index in [0.717, 1.165) is 5.56 Å². The Bertz CT molecular complexity index is 392. The highest BCUT2D eigenvalue weighted by atomic mass is 16.5. The number of hydrogen-bond donors (Lipinski definition) is 0. The van der Waals surface area contributed by atoms with Crippen molar-refractivity contribution in [1.29, 1.82) is 0 Å². The Kier molecular flexibility index (Phi) is 2.88. The Balaban J connectivity index is 2.26. The van der Waals surface area contributed by atoms with Crippen molar-refractivity contribution in [3.05, 3.63) is 49.0 Å². The van der Waals surface area contributed by atoms with Crippen LogP contribution >= 0.6 is 0 Å². The molecule has 1 aromatic rings. The van der Waals surface area contributed by atoms with Gasteiger partial charge in [0.05, 0.1) is 25.2 Å². The maximum Gasteiger partial charge on any atom is 0.162 e. The first-order valence-corrected chi connectivity index (χ1v) is 4.53. The van der Waals surface area contributed by atoms with Gasteiger partial charge < -0.3 is 13.6 Å². The van der Waals surface area contributed by atoms with Gasteiger partial charge >= 0.3 is 0 Å². The quantitative estimate of drug-likeness (QED) is 0.708. The maximum absolute atomic E-state index is 11.2. The highest BCUT2D eigenvalue weighted by Crippen LogP contribution is 2.23. The Morgan fingerprint density at radius 2 is 2.07 bits per heavy atom. The monoisotopic (exact) mass is 206 g/mol. The normalized spacial score (nSPS) is 19.5. The summed E-state index contributed by atoms with van der Waals surface area (Å²) in [7, 11) is 0. The van der Waals surface area contributed by atoms with Gasteiger partial charge in [-0.2, -0.15) is 0 Å². The van der Waals surface area contributed by atoms with E-state index in [2.05, 4.69) is 0 Å². The minimum atomic E-state index is -0.297. The van der Waals surface area contributed by atoms with E-state index >= 15 is 0 Å². The van der Waals surface area contributed by atoms with E-state index in [1.807, 2.05) is 0 Å². The first kappa shape index (κ1) is 9.58. The molecule has 1 atom stereocenters. The van der Waals surface area contributed by atoms with E-state index in [-0.39, 0.29) is 11.9 Å². The van der Waals surface area contributed by atoms with Crippen LogP contribution in [0.3, 0.4) is 0 Å². The largest absolute Gasteiger partial charge is 0.493 e. The molecule has 4 nitrogen and oxygen atoms in total. The van der Waals surface area contributed by atoms with E-state index in [1.54, 1.807) is 6.07 Å². The molecule has 0 bridgehead atoms. The molecule has 2 rings (SSSR count). The van der Waals surface area contributed by atoms with Crippen molar-refractivity contribution >= 4 is 5.78 Å². The summed E-state index contributed by atoms with van der Waals surface area (Å²) in [4.78, 5) is 11.2. The molecule has 0 saturated heterocycles. The standard InChI is InChI=1S/C11H10O4/c12-10-2-4-15-11(7-10)9-1-3-13-5-6-14-8-9/h1-6,8,11H,7H2. The van der Waals surface area contributed by atoms with E-state index in [0.29, 0.717) is 6.42 Å². The molecule has 4 heteroatoms. The molecular formula is C11H10O4. The van der Waals surface area contributed by atoms with Crippen LogP contribution in [0.2, 0.25) is 0 Å². The van der Waals surface area contributed by atoms with Gasteiger partial charge in [-0.1, -0.05) is 0 Å². The number of rotatable bonds is 1. The fraction of sp³-hybridized carbons (Fsp3) is 0.182.